The lowest BCUT2D eigenvalue weighted by atomic mass is 10.1. The summed E-state index contributed by atoms with van der Waals surface area (Å²) in [5.41, 5.74) is 0.0461. The fourth-order valence-corrected chi connectivity index (χ4v) is 2.95. The van der Waals surface area contributed by atoms with E-state index in [1.807, 2.05) is 26.8 Å². The molecule has 1 rings (SSSR count). The zero-order valence-electron chi connectivity index (χ0n) is 15.7. The summed E-state index contributed by atoms with van der Waals surface area (Å²) in [6.07, 6.45) is 1.03. The zero-order chi connectivity index (χ0) is 18.1. The first-order chi connectivity index (χ1) is 10.2. The van der Waals surface area contributed by atoms with E-state index in [2.05, 4.69) is 45.8 Å². The van der Waals surface area contributed by atoms with Gasteiger partial charge in [0.2, 0.25) is 5.91 Å². The highest BCUT2D eigenvalue weighted by molar-refractivity contribution is 6.74. The van der Waals surface area contributed by atoms with Crippen molar-refractivity contribution in [1.82, 2.24) is 5.32 Å². The van der Waals surface area contributed by atoms with Gasteiger partial charge in [0, 0.05) is 11.1 Å². The van der Waals surface area contributed by atoms with E-state index in [0.717, 1.165) is 0 Å². The fourth-order valence-electron chi connectivity index (χ4n) is 1.75. The summed E-state index contributed by atoms with van der Waals surface area (Å²) in [4.78, 5) is 12.5. The van der Waals surface area contributed by atoms with E-state index in [1.54, 1.807) is 12.3 Å². The van der Waals surface area contributed by atoms with Crippen LogP contribution in [0.1, 0.15) is 53.4 Å². The lowest BCUT2D eigenvalue weighted by Crippen LogP contribution is -2.45. The van der Waals surface area contributed by atoms with Crippen LogP contribution in [0.5, 0.6) is 0 Å². The summed E-state index contributed by atoms with van der Waals surface area (Å²) in [5.74, 6) is 0.404. The molecule has 0 aliphatic rings. The van der Waals surface area contributed by atoms with Gasteiger partial charge >= 0.3 is 0 Å². The van der Waals surface area contributed by atoms with Crippen LogP contribution >= 0.6 is 0 Å². The van der Waals surface area contributed by atoms with Crippen molar-refractivity contribution in [2.24, 2.45) is 0 Å². The molecule has 1 atom stereocenters. The molecule has 0 bridgehead atoms. The van der Waals surface area contributed by atoms with Crippen LogP contribution in [-0.4, -0.2) is 19.8 Å². The van der Waals surface area contributed by atoms with Crippen LogP contribution in [-0.2, 0) is 9.22 Å². The summed E-state index contributed by atoms with van der Waals surface area (Å²) in [5, 5.41) is 2.97. The first-order valence-electron chi connectivity index (χ1n) is 7.97. The Hall–Kier alpha value is -1.33. The third kappa shape index (κ3) is 5.36. The predicted molar refractivity (Wildman–Crippen MR) is 96.8 cm³/mol. The minimum atomic E-state index is -2.09. The minimum Gasteiger partial charge on any atom is -0.466 e. The summed E-state index contributed by atoms with van der Waals surface area (Å²) < 4.78 is 11.9. The van der Waals surface area contributed by atoms with Crippen molar-refractivity contribution in [1.29, 1.82) is 0 Å². The Bertz CT molecular complexity index is 548. The second kappa shape index (κ2) is 6.65. The third-order valence-electron chi connectivity index (χ3n) is 4.12. The molecule has 1 unspecified atom stereocenters. The molecule has 0 aliphatic carbocycles. The van der Waals surface area contributed by atoms with E-state index in [1.165, 1.54) is 0 Å². The Morgan fingerprint density at radius 2 is 1.83 bits per heavy atom. The summed E-state index contributed by atoms with van der Waals surface area (Å²) in [7, 11) is -2.09. The number of nitrogens with one attached hydrogen (secondary N) is 1. The van der Waals surface area contributed by atoms with Crippen molar-refractivity contribution in [2.75, 3.05) is 0 Å². The van der Waals surface area contributed by atoms with Gasteiger partial charge in [0.05, 0.1) is 6.26 Å². The molecule has 1 amide bonds. The van der Waals surface area contributed by atoms with Gasteiger partial charge in [-0.05, 0) is 51.0 Å². The Balaban J connectivity index is 3.08. The van der Waals surface area contributed by atoms with E-state index in [-0.39, 0.29) is 16.5 Å². The quantitative estimate of drug-likeness (QED) is 0.619. The molecule has 130 valence electrons. The largest absolute Gasteiger partial charge is 0.466 e. The average Bonchev–Trinajstić information content (AvgIpc) is 2.85. The summed E-state index contributed by atoms with van der Waals surface area (Å²) >= 11 is 0. The number of amides is 1. The van der Waals surface area contributed by atoms with Crippen molar-refractivity contribution in [3.8, 4) is 0 Å². The molecule has 0 spiro atoms. The number of furan rings is 1. The Morgan fingerprint density at radius 3 is 2.22 bits per heavy atom. The SMILES string of the molecule is C=C(C(=O)NC(C)(C)C)C(O[Si](C)(C)C(C)(C)C)c1ccco1. The molecule has 1 N–H and O–H groups in total. The van der Waals surface area contributed by atoms with E-state index in [9.17, 15) is 4.79 Å². The molecule has 23 heavy (non-hydrogen) atoms. The Morgan fingerprint density at radius 1 is 1.26 bits per heavy atom. The molecule has 0 fully saturated rings. The average molecular weight is 338 g/mol. The molecular weight excluding hydrogens is 306 g/mol. The van der Waals surface area contributed by atoms with E-state index in [4.69, 9.17) is 8.84 Å². The van der Waals surface area contributed by atoms with Crippen LogP contribution in [0.15, 0.2) is 35.0 Å². The molecule has 0 radical (unpaired) electrons. The van der Waals surface area contributed by atoms with Crippen LogP contribution < -0.4 is 5.32 Å². The van der Waals surface area contributed by atoms with Gasteiger partial charge in [-0.3, -0.25) is 4.79 Å². The fraction of sp³-hybridized carbons (Fsp3) is 0.611. The van der Waals surface area contributed by atoms with Gasteiger partial charge in [0.15, 0.2) is 8.32 Å². The van der Waals surface area contributed by atoms with Crippen molar-refractivity contribution >= 4 is 14.2 Å². The van der Waals surface area contributed by atoms with E-state index in [0.29, 0.717) is 11.3 Å². The van der Waals surface area contributed by atoms with Crippen molar-refractivity contribution < 1.29 is 13.6 Å². The number of carbonyl (C=O) groups is 1. The maximum Gasteiger partial charge on any atom is 0.250 e. The number of hydrogen-bond acceptors (Lipinski definition) is 3. The monoisotopic (exact) mass is 337 g/mol. The second-order valence-electron chi connectivity index (χ2n) is 8.50. The highest BCUT2D eigenvalue weighted by atomic mass is 28.4. The number of rotatable bonds is 5. The van der Waals surface area contributed by atoms with Gasteiger partial charge in [-0.25, -0.2) is 0 Å². The highest BCUT2D eigenvalue weighted by Gasteiger charge is 2.41. The molecule has 1 heterocycles. The first kappa shape index (κ1) is 19.7. The topological polar surface area (TPSA) is 51.5 Å². The van der Waals surface area contributed by atoms with Crippen molar-refractivity contribution in [3.63, 3.8) is 0 Å². The van der Waals surface area contributed by atoms with Gasteiger partial charge < -0.3 is 14.2 Å². The second-order valence-corrected chi connectivity index (χ2v) is 13.3. The van der Waals surface area contributed by atoms with Gasteiger partial charge in [0.25, 0.3) is 0 Å². The van der Waals surface area contributed by atoms with Crippen LogP contribution in [0.25, 0.3) is 0 Å². The maximum absolute atomic E-state index is 12.5. The van der Waals surface area contributed by atoms with Crippen molar-refractivity contribution in [2.45, 2.75) is 71.3 Å². The predicted octanol–water partition coefficient (Wildman–Crippen LogP) is 4.81. The smallest absolute Gasteiger partial charge is 0.250 e. The van der Waals surface area contributed by atoms with Gasteiger partial charge in [-0.2, -0.15) is 0 Å². The zero-order valence-corrected chi connectivity index (χ0v) is 16.7. The first-order valence-corrected chi connectivity index (χ1v) is 10.9. The van der Waals surface area contributed by atoms with Crippen molar-refractivity contribution in [3.05, 3.63) is 36.3 Å². The van der Waals surface area contributed by atoms with Gasteiger partial charge in [-0.1, -0.05) is 27.4 Å². The summed E-state index contributed by atoms with van der Waals surface area (Å²) in [6, 6.07) is 3.62. The number of hydrogen-bond donors (Lipinski definition) is 1. The van der Waals surface area contributed by atoms with Gasteiger partial charge in [0.1, 0.15) is 11.9 Å². The molecule has 5 heteroatoms. The minimum absolute atomic E-state index is 0.0264. The Kier molecular flexibility index (Phi) is 5.70. The molecule has 0 saturated heterocycles. The summed E-state index contributed by atoms with van der Waals surface area (Å²) in [6.45, 7) is 20.6. The lowest BCUT2D eigenvalue weighted by molar-refractivity contribution is -0.119. The maximum atomic E-state index is 12.5. The van der Waals surface area contributed by atoms with E-state index >= 15 is 0 Å². The molecule has 0 saturated carbocycles. The molecule has 4 nitrogen and oxygen atoms in total. The van der Waals surface area contributed by atoms with Gasteiger partial charge in [-0.15, -0.1) is 0 Å². The van der Waals surface area contributed by atoms with Crippen LogP contribution in [0.3, 0.4) is 0 Å². The highest BCUT2D eigenvalue weighted by Crippen LogP contribution is 2.41. The Labute approximate surface area is 141 Å². The molecule has 0 aromatic carbocycles. The van der Waals surface area contributed by atoms with Crippen LogP contribution in [0.4, 0.5) is 0 Å². The lowest BCUT2D eigenvalue weighted by Gasteiger charge is -2.39. The van der Waals surface area contributed by atoms with Crippen LogP contribution in [0.2, 0.25) is 18.1 Å². The molecule has 1 aromatic rings. The molecule has 1 aromatic heterocycles. The molecule has 0 aliphatic heterocycles. The third-order valence-corrected chi connectivity index (χ3v) is 8.55. The molecular formula is C18H31NO3Si. The van der Waals surface area contributed by atoms with E-state index < -0.39 is 14.4 Å². The van der Waals surface area contributed by atoms with Crippen LogP contribution in [0, 0.1) is 0 Å². The number of carbonyl (C=O) groups excluding carboxylic acids is 1. The standard InChI is InChI=1S/C18H31NO3Si/c1-13(16(20)19-17(2,3)4)15(14-11-10-12-21-14)22-23(8,9)18(5,6)7/h10-12,15H,1H2,2-9H3,(H,19,20). The normalized spacial score (nSPS) is 14.4.